The van der Waals surface area contributed by atoms with Crippen molar-refractivity contribution in [1.82, 2.24) is 9.80 Å². The van der Waals surface area contributed by atoms with Crippen LogP contribution in [-0.4, -0.2) is 60.1 Å². The predicted octanol–water partition coefficient (Wildman–Crippen LogP) is 2.10. The lowest BCUT2D eigenvalue weighted by Gasteiger charge is -2.36. The summed E-state index contributed by atoms with van der Waals surface area (Å²) >= 11 is 0. The molecule has 2 rings (SSSR count). The Bertz CT molecular complexity index is 428. The first kappa shape index (κ1) is 16.0. The van der Waals surface area contributed by atoms with Crippen LogP contribution in [0, 0.1) is 0 Å². The van der Waals surface area contributed by atoms with Gasteiger partial charge >= 0.3 is 5.97 Å². The highest BCUT2D eigenvalue weighted by Crippen LogP contribution is 2.16. The Morgan fingerprint density at radius 3 is 2.57 bits per heavy atom. The van der Waals surface area contributed by atoms with E-state index in [1.165, 1.54) is 5.56 Å². The van der Waals surface area contributed by atoms with E-state index in [4.69, 9.17) is 5.11 Å². The molecule has 0 aliphatic carbocycles. The third-order valence-electron chi connectivity index (χ3n) is 4.42. The smallest absolute Gasteiger partial charge is 0.304 e. The van der Waals surface area contributed by atoms with E-state index < -0.39 is 5.97 Å². The number of benzene rings is 1. The maximum Gasteiger partial charge on any atom is 0.304 e. The van der Waals surface area contributed by atoms with Crippen LogP contribution in [-0.2, 0) is 11.2 Å². The van der Waals surface area contributed by atoms with E-state index in [0.717, 1.165) is 38.9 Å². The van der Waals surface area contributed by atoms with Gasteiger partial charge in [0.15, 0.2) is 0 Å². The normalized spacial score (nSPS) is 17.2. The number of hydrogen-bond donors (Lipinski definition) is 1. The van der Waals surface area contributed by atoms with Gasteiger partial charge in [-0.05, 0) is 45.0 Å². The second-order valence-electron chi connectivity index (χ2n) is 5.93. The van der Waals surface area contributed by atoms with E-state index in [2.05, 4.69) is 40.1 Å². The van der Waals surface area contributed by atoms with Crippen molar-refractivity contribution in [3.05, 3.63) is 35.9 Å². The molecule has 1 heterocycles. The molecule has 0 unspecified atom stereocenters. The molecule has 0 aromatic heterocycles. The average Bonchev–Trinajstić information content (AvgIpc) is 2.52. The molecule has 4 nitrogen and oxygen atoms in total. The predicted molar refractivity (Wildman–Crippen MR) is 84.5 cm³/mol. The summed E-state index contributed by atoms with van der Waals surface area (Å²) in [6, 6.07) is 11.2. The molecule has 4 heteroatoms. The number of nitrogens with zero attached hydrogens (tertiary/aromatic N) is 2. The van der Waals surface area contributed by atoms with Crippen LogP contribution >= 0.6 is 0 Å². The van der Waals surface area contributed by atoms with Crippen molar-refractivity contribution in [3.63, 3.8) is 0 Å². The van der Waals surface area contributed by atoms with Crippen molar-refractivity contribution in [2.75, 3.05) is 33.2 Å². The van der Waals surface area contributed by atoms with Crippen LogP contribution in [0.4, 0.5) is 0 Å². The molecule has 116 valence electrons. The monoisotopic (exact) mass is 290 g/mol. The Kier molecular flexibility index (Phi) is 6.21. The van der Waals surface area contributed by atoms with Crippen molar-refractivity contribution in [2.45, 2.75) is 31.7 Å². The standard InChI is InChI=1S/C17H26N2O2/c1-18(11-10-17(20)21)16-8-13-19(14-9-16)12-7-15-5-3-2-4-6-15/h2-6,16H,7-14H2,1H3,(H,20,21). The van der Waals surface area contributed by atoms with Crippen molar-refractivity contribution in [3.8, 4) is 0 Å². The summed E-state index contributed by atoms with van der Waals surface area (Å²) in [6.45, 7) is 4.02. The van der Waals surface area contributed by atoms with E-state index in [9.17, 15) is 4.79 Å². The van der Waals surface area contributed by atoms with Crippen molar-refractivity contribution < 1.29 is 9.90 Å². The lowest BCUT2D eigenvalue weighted by atomic mass is 10.0. The maximum atomic E-state index is 10.6. The van der Waals surface area contributed by atoms with Crippen LogP contribution in [0.3, 0.4) is 0 Å². The summed E-state index contributed by atoms with van der Waals surface area (Å²) in [7, 11) is 2.05. The van der Waals surface area contributed by atoms with Gasteiger partial charge in [-0.3, -0.25) is 4.79 Å². The molecule has 1 saturated heterocycles. The van der Waals surface area contributed by atoms with E-state index in [-0.39, 0.29) is 6.42 Å². The zero-order valence-electron chi connectivity index (χ0n) is 12.9. The average molecular weight is 290 g/mol. The summed E-state index contributed by atoms with van der Waals surface area (Å²) in [5, 5.41) is 8.75. The minimum Gasteiger partial charge on any atom is -0.481 e. The molecule has 0 bridgehead atoms. The number of carboxylic acid groups (broad SMARTS) is 1. The third kappa shape index (κ3) is 5.48. The Labute approximate surface area is 127 Å². The minimum absolute atomic E-state index is 0.241. The number of carbonyl (C=O) groups is 1. The highest BCUT2D eigenvalue weighted by Gasteiger charge is 2.22. The van der Waals surface area contributed by atoms with Gasteiger partial charge < -0.3 is 14.9 Å². The molecule has 0 saturated carbocycles. The van der Waals surface area contributed by atoms with Crippen LogP contribution in [0.25, 0.3) is 0 Å². The summed E-state index contributed by atoms with van der Waals surface area (Å²) in [6.07, 6.45) is 3.64. The first-order chi connectivity index (χ1) is 10.1. The third-order valence-corrected chi connectivity index (χ3v) is 4.42. The molecule has 1 aliphatic heterocycles. The summed E-state index contributed by atoms with van der Waals surface area (Å²) < 4.78 is 0. The van der Waals surface area contributed by atoms with E-state index in [0.29, 0.717) is 12.6 Å². The van der Waals surface area contributed by atoms with Gasteiger partial charge in [0.05, 0.1) is 6.42 Å². The van der Waals surface area contributed by atoms with Crippen LogP contribution in [0.15, 0.2) is 30.3 Å². The van der Waals surface area contributed by atoms with Gasteiger partial charge in [-0.1, -0.05) is 30.3 Å². The molecular weight excluding hydrogens is 264 g/mol. The summed E-state index contributed by atoms with van der Waals surface area (Å²) in [5.74, 6) is -0.706. The van der Waals surface area contributed by atoms with E-state index in [1.54, 1.807) is 0 Å². The molecule has 0 amide bonds. The van der Waals surface area contributed by atoms with Gasteiger partial charge in [0.2, 0.25) is 0 Å². The fraction of sp³-hybridized carbons (Fsp3) is 0.588. The van der Waals surface area contributed by atoms with Gasteiger partial charge in [0.1, 0.15) is 0 Å². The first-order valence-electron chi connectivity index (χ1n) is 7.83. The quantitative estimate of drug-likeness (QED) is 0.835. The lowest BCUT2D eigenvalue weighted by molar-refractivity contribution is -0.137. The minimum atomic E-state index is -0.706. The first-order valence-corrected chi connectivity index (χ1v) is 7.83. The Morgan fingerprint density at radius 1 is 1.29 bits per heavy atom. The Hall–Kier alpha value is -1.39. The molecule has 1 fully saturated rings. The zero-order valence-corrected chi connectivity index (χ0v) is 12.9. The number of hydrogen-bond acceptors (Lipinski definition) is 3. The number of carboxylic acids is 1. The number of aliphatic carboxylic acids is 1. The summed E-state index contributed by atoms with van der Waals surface area (Å²) in [4.78, 5) is 15.4. The largest absolute Gasteiger partial charge is 0.481 e. The van der Waals surface area contributed by atoms with Gasteiger partial charge in [0.25, 0.3) is 0 Å². The van der Waals surface area contributed by atoms with E-state index in [1.807, 2.05) is 7.05 Å². The highest BCUT2D eigenvalue weighted by molar-refractivity contribution is 5.66. The maximum absolute atomic E-state index is 10.6. The SMILES string of the molecule is CN(CCC(=O)O)C1CCN(CCc2ccccc2)CC1. The molecule has 0 radical (unpaired) electrons. The molecule has 1 aromatic carbocycles. The van der Waals surface area contributed by atoms with Crippen molar-refractivity contribution in [2.24, 2.45) is 0 Å². The molecule has 21 heavy (non-hydrogen) atoms. The molecule has 0 atom stereocenters. The molecule has 1 aliphatic rings. The van der Waals surface area contributed by atoms with Crippen LogP contribution in [0.5, 0.6) is 0 Å². The topological polar surface area (TPSA) is 43.8 Å². The second kappa shape index (κ2) is 8.15. The second-order valence-corrected chi connectivity index (χ2v) is 5.93. The van der Waals surface area contributed by atoms with Crippen molar-refractivity contribution >= 4 is 5.97 Å². The van der Waals surface area contributed by atoms with E-state index >= 15 is 0 Å². The highest BCUT2D eigenvalue weighted by atomic mass is 16.4. The fourth-order valence-electron chi connectivity index (χ4n) is 2.97. The molecule has 1 aromatic rings. The molecule has 0 spiro atoms. The zero-order chi connectivity index (χ0) is 15.1. The van der Waals surface area contributed by atoms with Gasteiger partial charge in [0, 0.05) is 19.1 Å². The number of piperidine rings is 1. The van der Waals surface area contributed by atoms with Crippen molar-refractivity contribution in [1.29, 1.82) is 0 Å². The lowest BCUT2D eigenvalue weighted by Crippen LogP contribution is -2.44. The molecular formula is C17H26N2O2. The van der Waals surface area contributed by atoms with Gasteiger partial charge in [-0.2, -0.15) is 0 Å². The number of likely N-dealkylation sites (tertiary alicyclic amines) is 1. The van der Waals surface area contributed by atoms with Crippen LogP contribution in [0.1, 0.15) is 24.8 Å². The molecule has 1 N–H and O–H groups in total. The van der Waals surface area contributed by atoms with Crippen LogP contribution < -0.4 is 0 Å². The van der Waals surface area contributed by atoms with Crippen LogP contribution in [0.2, 0.25) is 0 Å². The Balaban J connectivity index is 1.67. The van der Waals surface area contributed by atoms with Gasteiger partial charge in [-0.25, -0.2) is 0 Å². The summed E-state index contributed by atoms with van der Waals surface area (Å²) in [5.41, 5.74) is 1.40. The van der Waals surface area contributed by atoms with Gasteiger partial charge in [-0.15, -0.1) is 0 Å². The number of rotatable bonds is 7. The fourth-order valence-corrected chi connectivity index (χ4v) is 2.97. The Morgan fingerprint density at radius 2 is 1.95 bits per heavy atom.